The minimum atomic E-state index is 0.102. The van der Waals surface area contributed by atoms with Crippen molar-refractivity contribution < 1.29 is 14.6 Å². The Morgan fingerprint density at radius 2 is 1.86 bits per heavy atom. The summed E-state index contributed by atoms with van der Waals surface area (Å²) in [7, 11) is 0. The number of aliphatic hydroxyl groups excluding tert-OH is 1. The molecule has 0 aliphatic rings. The normalized spacial score (nSPS) is 9.81. The Balaban J connectivity index is 1.87. The van der Waals surface area contributed by atoms with Crippen LogP contribution in [0.25, 0.3) is 0 Å². The molecule has 0 amide bonds. The number of ether oxygens (including phenoxy) is 2. The maximum absolute atomic E-state index is 8.68. The van der Waals surface area contributed by atoms with E-state index in [1.54, 1.807) is 11.3 Å². The van der Waals surface area contributed by atoms with Crippen LogP contribution in [-0.4, -0.2) is 18.3 Å². The first-order valence-electron chi connectivity index (χ1n) is 6.84. The fourth-order valence-corrected chi connectivity index (χ4v) is 2.42. The van der Waals surface area contributed by atoms with Crippen molar-refractivity contribution in [1.82, 2.24) is 0 Å². The van der Waals surface area contributed by atoms with Gasteiger partial charge >= 0.3 is 0 Å². The van der Waals surface area contributed by atoms with Gasteiger partial charge in [0.15, 0.2) is 0 Å². The number of rotatable bonds is 6. The van der Waals surface area contributed by atoms with Crippen LogP contribution in [0.5, 0.6) is 11.5 Å². The van der Waals surface area contributed by atoms with Crippen molar-refractivity contribution >= 4 is 11.3 Å². The van der Waals surface area contributed by atoms with Crippen molar-refractivity contribution in [1.29, 1.82) is 0 Å². The molecule has 0 fully saturated rings. The summed E-state index contributed by atoms with van der Waals surface area (Å²) < 4.78 is 11.1. The maximum Gasteiger partial charge on any atom is 0.122 e. The van der Waals surface area contributed by atoms with E-state index in [-0.39, 0.29) is 6.61 Å². The van der Waals surface area contributed by atoms with Crippen molar-refractivity contribution in [2.45, 2.75) is 20.0 Å². The standard InChI is InChI=1S/C17H18O3S/c1-2-19-15-6-8-16(9-7-15)20-12-17-11-14(13-21-17)5-3-4-10-18/h6-9,11,13,18H,2,4,10,12H2,1H3. The van der Waals surface area contributed by atoms with E-state index < -0.39 is 0 Å². The molecule has 1 aromatic carbocycles. The van der Waals surface area contributed by atoms with Gasteiger partial charge in [-0.3, -0.25) is 0 Å². The zero-order valence-corrected chi connectivity index (χ0v) is 12.8. The lowest BCUT2D eigenvalue weighted by Crippen LogP contribution is -1.94. The van der Waals surface area contributed by atoms with E-state index >= 15 is 0 Å². The second kappa shape index (κ2) is 8.35. The molecule has 0 spiro atoms. The lowest BCUT2D eigenvalue weighted by molar-refractivity contribution is 0.305. The number of thiophene rings is 1. The Bertz CT molecular complexity index is 605. The molecule has 0 unspecified atom stereocenters. The molecule has 2 aromatic rings. The van der Waals surface area contributed by atoms with Gasteiger partial charge in [0.25, 0.3) is 0 Å². The summed E-state index contributed by atoms with van der Waals surface area (Å²) in [6.07, 6.45) is 0.508. The van der Waals surface area contributed by atoms with Crippen molar-refractivity contribution in [3.63, 3.8) is 0 Å². The summed E-state index contributed by atoms with van der Waals surface area (Å²) in [6, 6.07) is 9.63. The maximum atomic E-state index is 8.68. The molecule has 0 atom stereocenters. The number of aliphatic hydroxyl groups is 1. The Morgan fingerprint density at radius 1 is 1.14 bits per heavy atom. The van der Waals surface area contributed by atoms with Crippen LogP contribution in [0, 0.1) is 11.8 Å². The first-order chi connectivity index (χ1) is 10.3. The van der Waals surface area contributed by atoms with Gasteiger partial charge in [-0.15, -0.1) is 11.3 Å². The molecule has 0 aliphatic heterocycles. The minimum absolute atomic E-state index is 0.102. The molecule has 2 rings (SSSR count). The van der Waals surface area contributed by atoms with E-state index in [0.29, 0.717) is 19.6 Å². The Hall–Kier alpha value is -1.96. The topological polar surface area (TPSA) is 38.7 Å². The second-order valence-corrected chi connectivity index (χ2v) is 5.27. The molecule has 1 heterocycles. The van der Waals surface area contributed by atoms with Gasteiger partial charge in [-0.05, 0) is 37.3 Å². The van der Waals surface area contributed by atoms with Gasteiger partial charge in [0.2, 0.25) is 0 Å². The molecular weight excluding hydrogens is 284 g/mol. The Morgan fingerprint density at radius 3 is 2.52 bits per heavy atom. The van der Waals surface area contributed by atoms with Crippen LogP contribution in [0.15, 0.2) is 35.7 Å². The van der Waals surface area contributed by atoms with Crippen molar-refractivity contribution in [3.8, 4) is 23.3 Å². The highest BCUT2D eigenvalue weighted by atomic mass is 32.1. The third kappa shape index (κ3) is 5.14. The monoisotopic (exact) mass is 302 g/mol. The van der Waals surface area contributed by atoms with E-state index in [9.17, 15) is 0 Å². The molecule has 0 saturated heterocycles. The fourth-order valence-electron chi connectivity index (χ4n) is 1.70. The molecule has 1 N–H and O–H groups in total. The van der Waals surface area contributed by atoms with E-state index in [4.69, 9.17) is 14.6 Å². The number of hydrogen-bond donors (Lipinski definition) is 1. The van der Waals surface area contributed by atoms with E-state index in [2.05, 4.69) is 11.8 Å². The first-order valence-corrected chi connectivity index (χ1v) is 7.72. The fraction of sp³-hybridized carbons (Fsp3) is 0.294. The molecule has 0 aliphatic carbocycles. The summed E-state index contributed by atoms with van der Waals surface area (Å²) >= 11 is 1.62. The summed E-state index contributed by atoms with van der Waals surface area (Å²) in [5.41, 5.74) is 0.971. The second-order valence-electron chi connectivity index (χ2n) is 4.27. The molecule has 1 aromatic heterocycles. The average molecular weight is 302 g/mol. The Labute approximate surface area is 129 Å². The zero-order chi connectivity index (χ0) is 14.9. The molecule has 4 heteroatoms. The van der Waals surface area contributed by atoms with Gasteiger partial charge in [0, 0.05) is 22.2 Å². The third-order valence-electron chi connectivity index (χ3n) is 2.64. The molecule has 0 bridgehead atoms. The van der Waals surface area contributed by atoms with Crippen LogP contribution in [0.3, 0.4) is 0 Å². The zero-order valence-electron chi connectivity index (χ0n) is 12.0. The number of benzene rings is 1. The van der Waals surface area contributed by atoms with Crippen molar-refractivity contribution in [2.24, 2.45) is 0 Å². The molecule has 0 radical (unpaired) electrons. The molecule has 3 nitrogen and oxygen atoms in total. The summed E-state index contributed by atoms with van der Waals surface area (Å²) in [4.78, 5) is 1.12. The predicted molar refractivity (Wildman–Crippen MR) is 84.8 cm³/mol. The molecular formula is C17H18O3S. The first kappa shape index (κ1) is 15.4. The smallest absolute Gasteiger partial charge is 0.122 e. The van der Waals surface area contributed by atoms with Crippen LogP contribution in [0.2, 0.25) is 0 Å². The van der Waals surface area contributed by atoms with Crippen molar-refractivity contribution in [2.75, 3.05) is 13.2 Å². The molecule has 110 valence electrons. The lowest BCUT2D eigenvalue weighted by atomic mass is 10.3. The highest BCUT2D eigenvalue weighted by Gasteiger charge is 2.00. The van der Waals surface area contributed by atoms with E-state index in [1.807, 2.05) is 42.6 Å². The Kier molecular flexibility index (Phi) is 6.14. The van der Waals surface area contributed by atoms with Crippen LogP contribution >= 0.6 is 11.3 Å². The van der Waals surface area contributed by atoms with Crippen LogP contribution in [0.4, 0.5) is 0 Å². The largest absolute Gasteiger partial charge is 0.494 e. The van der Waals surface area contributed by atoms with Gasteiger partial charge in [-0.1, -0.05) is 11.8 Å². The number of hydrogen-bond acceptors (Lipinski definition) is 4. The SMILES string of the molecule is CCOc1ccc(OCc2cc(C#CCCO)cs2)cc1. The summed E-state index contributed by atoms with van der Waals surface area (Å²) in [6.45, 7) is 3.25. The van der Waals surface area contributed by atoms with Gasteiger partial charge in [0.1, 0.15) is 18.1 Å². The van der Waals surface area contributed by atoms with Gasteiger partial charge in [-0.2, -0.15) is 0 Å². The van der Waals surface area contributed by atoms with Crippen LogP contribution in [-0.2, 0) is 6.61 Å². The van der Waals surface area contributed by atoms with E-state index in [0.717, 1.165) is 21.9 Å². The summed E-state index contributed by atoms with van der Waals surface area (Å²) in [5, 5.41) is 10.7. The van der Waals surface area contributed by atoms with Gasteiger partial charge in [0.05, 0.1) is 13.2 Å². The predicted octanol–water partition coefficient (Wildman–Crippen LogP) is 3.46. The quantitative estimate of drug-likeness (QED) is 0.831. The average Bonchev–Trinajstić information content (AvgIpc) is 2.95. The lowest BCUT2D eigenvalue weighted by Gasteiger charge is -2.06. The van der Waals surface area contributed by atoms with Gasteiger partial charge < -0.3 is 14.6 Å². The highest BCUT2D eigenvalue weighted by Crippen LogP contribution is 2.20. The van der Waals surface area contributed by atoms with E-state index in [1.165, 1.54) is 0 Å². The molecule has 21 heavy (non-hydrogen) atoms. The van der Waals surface area contributed by atoms with Crippen molar-refractivity contribution in [3.05, 3.63) is 46.2 Å². The van der Waals surface area contributed by atoms with Crippen LogP contribution in [0.1, 0.15) is 23.8 Å². The van der Waals surface area contributed by atoms with Gasteiger partial charge in [-0.25, -0.2) is 0 Å². The molecule has 0 saturated carbocycles. The minimum Gasteiger partial charge on any atom is -0.494 e. The highest BCUT2D eigenvalue weighted by molar-refractivity contribution is 7.10. The summed E-state index contributed by atoms with van der Waals surface area (Å²) in [5.74, 6) is 7.59. The van der Waals surface area contributed by atoms with Crippen LogP contribution < -0.4 is 9.47 Å². The third-order valence-corrected chi connectivity index (χ3v) is 3.55.